The SMILES string of the molecule is COc1ccc(NC(=O)c2ccnc(NCc3ccncc3)n2)cc1. The molecule has 3 rings (SSSR count). The Morgan fingerprint density at radius 1 is 1.04 bits per heavy atom. The van der Waals surface area contributed by atoms with Gasteiger partial charge in [-0.3, -0.25) is 9.78 Å². The highest BCUT2D eigenvalue weighted by molar-refractivity contribution is 6.02. The van der Waals surface area contributed by atoms with E-state index in [1.807, 2.05) is 12.1 Å². The van der Waals surface area contributed by atoms with Crippen molar-refractivity contribution in [2.45, 2.75) is 6.54 Å². The molecule has 7 nitrogen and oxygen atoms in total. The lowest BCUT2D eigenvalue weighted by atomic mass is 10.3. The number of rotatable bonds is 6. The maximum atomic E-state index is 12.3. The van der Waals surface area contributed by atoms with E-state index < -0.39 is 0 Å². The van der Waals surface area contributed by atoms with Crippen LogP contribution in [0.2, 0.25) is 0 Å². The molecule has 25 heavy (non-hydrogen) atoms. The number of nitrogens with one attached hydrogen (secondary N) is 2. The van der Waals surface area contributed by atoms with Crippen LogP contribution >= 0.6 is 0 Å². The highest BCUT2D eigenvalue weighted by Gasteiger charge is 2.09. The number of anilines is 2. The smallest absolute Gasteiger partial charge is 0.274 e. The van der Waals surface area contributed by atoms with Crippen LogP contribution in [0.4, 0.5) is 11.6 Å². The van der Waals surface area contributed by atoms with Gasteiger partial charge in [-0.25, -0.2) is 9.97 Å². The summed E-state index contributed by atoms with van der Waals surface area (Å²) in [5.41, 5.74) is 1.99. The molecule has 0 atom stereocenters. The fourth-order valence-electron chi connectivity index (χ4n) is 2.12. The first-order valence-electron chi connectivity index (χ1n) is 7.66. The number of amides is 1. The van der Waals surface area contributed by atoms with Gasteiger partial charge in [-0.1, -0.05) is 0 Å². The van der Waals surface area contributed by atoms with E-state index in [0.717, 1.165) is 11.3 Å². The normalized spacial score (nSPS) is 10.1. The zero-order valence-electron chi connectivity index (χ0n) is 13.6. The number of hydrogen-bond acceptors (Lipinski definition) is 6. The molecule has 0 fully saturated rings. The van der Waals surface area contributed by atoms with Crippen LogP contribution in [0.15, 0.2) is 61.1 Å². The van der Waals surface area contributed by atoms with E-state index in [9.17, 15) is 4.79 Å². The van der Waals surface area contributed by atoms with Gasteiger partial charge in [0, 0.05) is 30.8 Å². The average Bonchev–Trinajstić information content (AvgIpc) is 2.68. The Bertz CT molecular complexity index is 838. The van der Waals surface area contributed by atoms with E-state index >= 15 is 0 Å². The standard InChI is InChI=1S/C18H17N5O2/c1-25-15-4-2-14(3-5-15)22-17(24)16-8-11-20-18(23-16)21-12-13-6-9-19-10-7-13/h2-11H,12H2,1H3,(H,22,24)(H,20,21,23). The Labute approximate surface area is 145 Å². The Balaban J connectivity index is 1.64. The molecule has 0 saturated heterocycles. The molecule has 2 heterocycles. The second-order valence-corrected chi connectivity index (χ2v) is 5.16. The van der Waals surface area contributed by atoms with Gasteiger partial charge in [0.05, 0.1) is 7.11 Å². The fourth-order valence-corrected chi connectivity index (χ4v) is 2.12. The van der Waals surface area contributed by atoms with Gasteiger partial charge in [0.25, 0.3) is 5.91 Å². The number of ether oxygens (including phenoxy) is 1. The molecule has 0 radical (unpaired) electrons. The van der Waals surface area contributed by atoms with E-state index in [-0.39, 0.29) is 11.6 Å². The average molecular weight is 335 g/mol. The molecule has 0 aliphatic carbocycles. The lowest BCUT2D eigenvalue weighted by Crippen LogP contribution is -2.15. The van der Waals surface area contributed by atoms with Gasteiger partial charge in [0.2, 0.25) is 5.95 Å². The number of aromatic nitrogens is 3. The third-order valence-electron chi connectivity index (χ3n) is 3.44. The summed E-state index contributed by atoms with van der Waals surface area (Å²) >= 11 is 0. The number of benzene rings is 1. The van der Waals surface area contributed by atoms with E-state index in [2.05, 4.69) is 25.6 Å². The summed E-state index contributed by atoms with van der Waals surface area (Å²) in [5.74, 6) is 0.807. The van der Waals surface area contributed by atoms with E-state index in [1.165, 1.54) is 0 Å². The molecule has 0 aliphatic rings. The van der Waals surface area contributed by atoms with E-state index in [1.54, 1.807) is 56.0 Å². The molecule has 2 aromatic heterocycles. The van der Waals surface area contributed by atoms with Crippen LogP contribution < -0.4 is 15.4 Å². The number of pyridine rings is 1. The van der Waals surface area contributed by atoms with Gasteiger partial charge < -0.3 is 15.4 Å². The number of carbonyl (C=O) groups is 1. The molecule has 0 aliphatic heterocycles. The molecule has 0 saturated carbocycles. The first kappa shape index (κ1) is 16.4. The van der Waals surface area contributed by atoms with Crippen molar-refractivity contribution >= 4 is 17.5 Å². The van der Waals surface area contributed by atoms with Crippen LogP contribution in [0.3, 0.4) is 0 Å². The summed E-state index contributed by atoms with van der Waals surface area (Å²) in [7, 11) is 1.59. The van der Waals surface area contributed by atoms with Crippen LogP contribution in [-0.2, 0) is 6.54 Å². The Morgan fingerprint density at radius 2 is 1.80 bits per heavy atom. The molecule has 0 unspecified atom stereocenters. The Hall–Kier alpha value is -3.48. The Kier molecular flexibility index (Phi) is 5.16. The van der Waals surface area contributed by atoms with Crippen molar-refractivity contribution in [3.63, 3.8) is 0 Å². The van der Waals surface area contributed by atoms with Crippen molar-refractivity contribution in [3.05, 3.63) is 72.3 Å². The van der Waals surface area contributed by atoms with E-state index in [4.69, 9.17) is 4.74 Å². The highest BCUT2D eigenvalue weighted by Crippen LogP contribution is 2.15. The van der Waals surface area contributed by atoms with Crippen molar-refractivity contribution in [1.29, 1.82) is 0 Å². The van der Waals surface area contributed by atoms with Crippen LogP contribution in [0.25, 0.3) is 0 Å². The zero-order valence-corrected chi connectivity index (χ0v) is 13.6. The summed E-state index contributed by atoms with van der Waals surface area (Å²) in [6.07, 6.45) is 4.98. The predicted molar refractivity (Wildman–Crippen MR) is 94.5 cm³/mol. The molecule has 0 spiro atoms. The van der Waals surface area contributed by atoms with Crippen LogP contribution in [0.5, 0.6) is 5.75 Å². The first-order chi connectivity index (χ1) is 12.2. The Morgan fingerprint density at radius 3 is 2.52 bits per heavy atom. The molecule has 3 aromatic rings. The monoisotopic (exact) mass is 335 g/mol. The van der Waals surface area contributed by atoms with Crippen molar-refractivity contribution in [1.82, 2.24) is 15.0 Å². The van der Waals surface area contributed by atoms with Gasteiger partial charge in [-0.05, 0) is 48.0 Å². The van der Waals surface area contributed by atoms with Crippen LogP contribution in [-0.4, -0.2) is 28.0 Å². The maximum Gasteiger partial charge on any atom is 0.274 e. The number of hydrogen-bond donors (Lipinski definition) is 2. The summed E-state index contributed by atoms with van der Waals surface area (Å²) < 4.78 is 5.09. The van der Waals surface area contributed by atoms with Gasteiger partial charge in [0.1, 0.15) is 11.4 Å². The minimum atomic E-state index is -0.306. The third-order valence-corrected chi connectivity index (χ3v) is 3.44. The van der Waals surface area contributed by atoms with Gasteiger partial charge in [0.15, 0.2) is 0 Å². The van der Waals surface area contributed by atoms with Crippen molar-refractivity contribution in [3.8, 4) is 5.75 Å². The number of methoxy groups -OCH3 is 1. The fraction of sp³-hybridized carbons (Fsp3) is 0.111. The second-order valence-electron chi connectivity index (χ2n) is 5.16. The predicted octanol–water partition coefficient (Wildman–Crippen LogP) is 2.74. The largest absolute Gasteiger partial charge is 0.497 e. The third kappa shape index (κ3) is 4.51. The zero-order chi connectivity index (χ0) is 17.5. The first-order valence-corrected chi connectivity index (χ1v) is 7.66. The minimum absolute atomic E-state index is 0.281. The summed E-state index contributed by atoms with van der Waals surface area (Å²) in [6, 6.07) is 12.4. The molecule has 0 bridgehead atoms. The topological polar surface area (TPSA) is 89.0 Å². The van der Waals surface area contributed by atoms with Gasteiger partial charge >= 0.3 is 0 Å². The van der Waals surface area contributed by atoms with Crippen molar-refractivity contribution in [2.24, 2.45) is 0 Å². The number of carbonyl (C=O) groups excluding carboxylic acids is 1. The molecule has 126 valence electrons. The summed E-state index contributed by atoms with van der Waals surface area (Å²) in [6.45, 7) is 0.548. The summed E-state index contributed by atoms with van der Waals surface area (Å²) in [5, 5.41) is 5.88. The van der Waals surface area contributed by atoms with Crippen molar-refractivity contribution in [2.75, 3.05) is 17.7 Å². The molecular weight excluding hydrogens is 318 g/mol. The quantitative estimate of drug-likeness (QED) is 0.720. The highest BCUT2D eigenvalue weighted by atomic mass is 16.5. The van der Waals surface area contributed by atoms with Crippen molar-refractivity contribution < 1.29 is 9.53 Å². The van der Waals surface area contributed by atoms with Crippen LogP contribution in [0.1, 0.15) is 16.1 Å². The molecule has 1 amide bonds. The molecule has 7 heteroatoms. The summed E-state index contributed by atoms with van der Waals surface area (Å²) in [4.78, 5) is 24.7. The lowest BCUT2D eigenvalue weighted by molar-refractivity contribution is 0.102. The van der Waals surface area contributed by atoms with Gasteiger partial charge in [-0.2, -0.15) is 0 Å². The second kappa shape index (κ2) is 7.87. The number of nitrogens with zero attached hydrogens (tertiary/aromatic N) is 3. The van der Waals surface area contributed by atoms with Gasteiger partial charge in [-0.15, -0.1) is 0 Å². The van der Waals surface area contributed by atoms with E-state index in [0.29, 0.717) is 18.2 Å². The van der Waals surface area contributed by atoms with Crippen LogP contribution in [0, 0.1) is 0 Å². The minimum Gasteiger partial charge on any atom is -0.497 e. The molecule has 2 N–H and O–H groups in total. The molecular formula is C18H17N5O2. The lowest BCUT2D eigenvalue weighted by Gasteiger charge is -2.08. The molecule has 1 aromatic carbocycles. The maximum absolute atomic E-state index is 12.3.